The van der Waals surface area contributed by atoms with Gasteiger partial charge in [-0.25, -0.2) is 4.79 Å². The third-order valence-corrected chi connectivity index (χ3v) is 7.43. The number of piperazine rings is 1. The molecule has 2 aromatic carbocycles. The maximum Gasteiger partial charge on any atom is 0.409 e. The smallest absolute Gasteiger partial charge is 0.409 e. The minimum atomic E-state index is -0.230. The Morgan fingerprint density at radius 2 is 1.79 bits per heavy atom. The van der Waals surface area contributed by atoms with Gasteiger partial charge < -0.3 is 19.9 Å². The number of nitrogens with zero attached hydrogens (tertiary/aromatic N) is 3. The predicted octanol–water partition coefficient (Wildman–Crippen LogP) is 5.78. The van der Waals surface area contributed by atoms with E-state index >= 15 is 0 Å². The molecule has 178 valence electrons. The molecule has 0 aliphatic carbocycles. The van der Waals surface area contributed by atoms with Gasteiger partial charge in [0.25, 0.3) is 0 Å². The van der Waals surface area contributed by atoms with Crippen LogP contribution >= 0.6 is 34.8 Å². The maximum atomic E-state index is 11.8. The highest BCUT2D eigenvalue weighted by Crippen LogP contribution is 2.33. The summed E-state index contributed by atoms with van der Waals surface area (Å²) in [4.78, 5) is 18.4. The van der Waals surface area contributed by atoms with E-state index in [9.17, 15) is 4.79 Å². The Hall–Kier alpha value is -1.86. The first-order chi connectivity index (χ1) is 15.9. The second kappa shape index (κ2) is 10.6. The van der Waals surface area contributed by atoms with Crippen LogP contribution in [0.15, 0.2) is 36.4 Å². The molecular formula is C24H29Cl3N4O2. The Morgan fingerprint density at radius 1 is 1.03 bits per heavy atom. The molecular weight excluding hydrogens is 483 g/mol. The zero-order valence-corrected chi connectivity index (χ0v) is 21.1. The van der Waals surface area contributed by atoms with Crippen molar-refractivity contribution in [1.29, 1.82) is 0 Å². The summed E-state index contributed by atoms with van der Waals surface area (Å²) in [6.07, 6.45) is 0.765. The molecule has 1 amide bonds. The summed E-state index contributed by atoms with van der Waals surface area (Å²) < 4.78 is 4.86. The minimum absolute atomic E-state index is 0.0283. The van der Waals surface area contributed by atoms with Crippen LogP contribution in [0.1, 0.15) is 24.9 Å². The molecule has 6 nitrogen and oxygen atoms in total. The van der Waals surface area contributed by atoms with Crippen molar-refractivity contribution in [2.75, 3.05) is 56.6 Å². The fourth-order valence-corrected chi connectivity index (χ4v) is 5.41. The van der Waals surface area contributed by atoms with Crippen LogP contribution in [0, 0.1) is 0 Å². The van der Waals surface area contributed by atoms with E-state index in [1.165, 1.54) is 7.11 Å². The van der Waals surface area contributed by atoms with Crippen molar-refractivity contribution >= 4 is 52.3 Å². The number of anilines is 2. The zero-order valence-electron chi connectivity index (χ0n) is 18.9. The second-order valence-electron chi connectivity index (χ2n) is 8.58. The van der Waals surface area contributed by atoms with Crippen molar-refractivity contribution in [3.05, 3.63) is 57.0 Å². The van der Waals surface area contributed by atoms with Crippen molar-refractivity contribution in [2.24, 2.45) is 0 Å². The number of ether oxygens (including phenoxy) is 1. The average molecular weight is 512 g/mol. The van der Waals surface area contributed by atoms with Crippen molar-refractivity contribution in [3.8, 4) is 0 Å². The number of benzene rings is 2. The van der Waals surface area contributed by atoms with E-state index in [-0.39, 0.29) is 12.1 Å². The van der Waals surface area contributed by atoms with Crippen molar-refractivity contribution < 1.29 is 9.53 Å². The Labute approximate surface area is 210 Å². The quantitative estimate of drug-likeness (QED) is 0.551. The van der Waals surface area contributed by atoms with E-state index in [4.69, 9.17) is 39.5 Å². The molecule has 2 aliphatic rings. The van der Waals surface area contributed by atoms with Crippen LogP contribution in [0.4, 0.5) is 16.2 Å². The van der Waals surface area contributed by atoms with Crippen molar-refractivity contribution in [2.45, 2.75) is 25.4 Å². The second-order valence-corrected chi connectivity index (χ2v) is 9.83. The summed E-state index contributed by atoms with van der Waals surface area (Å²) in [5, 5.41) is 5.41. The van der Waals surface area contributed by atoms with E-state index < -0.39 is 0 Å². The topological polar surface area (TPSA) is 48.1 Å². The highest BCUT2D eigenvalue weighted by atomic mass is 35.5. The van der Waals surface area contributed by atoms with Crippen molar-refractivity contribution in [1.82, 2.24) is 9.80 Å². The Kier molecular flexibility index (Phi) is 7.80. The lowest BCUT2D eigenvalue weighted by Gasteiger charge is -2.39. The molecule has 2 fully saturated rings. The molecule has 2 saturated heterocycles. The van der Waals surface area contributed by atoms with Crippen LogP contribution < -0.4 is 10.2 Å². The Balaban J connectivity index is 1.38. The number of halogens is 3. The first-order valence-electron chi connectivity index (χ1n) is 11.2. The lowest BCUT2D eigenvalue weighted by atomic mass is 10.1. The van der Waals surface area contributed by atoms with Crippen LogP contribution in [-0.4, -0.2) is 68.3 Å². The maximum absolute atomic E-state index is 11.8. The van der Waals surface area contributed by atoms with Crippen LogP contribution in [0.3, 0.4) is 0 Å². The largest absolute Gasteiger partial charge is 0.453 e. The van der Waals surface area contributed by atoms with Gasteiger partial charge in [-0.15, -0.1) is 0 Å². The standard InChI is InChI=1S/C24H29Cl3N4O2/c1-16(20-5-3-17(25)13-22(20)27)28-23-14-18(4-6-21(23)26)29-9-11-30(12-10-29)19-7-8-31(15-19)24(32)33-2/h3-6,13-14,16,19,28H,7-12,15H2,1-2H3/t16-,19?/m1/s1. The average Bonchev–Trinajstić information content (AvgIpc) is 3.30. The van der Waals surface area contributed by atoms with Gasteiger partial charge in [-0.1, -0.05) is 40.9 Å². The van der Waals surface area contributed by atoms with E-state index in [2.05, 4.69) is 34.2 Å². The molecule has 2 atom stereocenters. The number of methoxy groups -OCH3 is 1. The highest BCUT2D eigenvalue weighted by Gasteiger charge is 2.32. The summed E-state index contributed by atoms with van der Waals surface area (Å²) in [7, 11) is 1.44. The molecule has 1 N–H and O–H groups in total. The molecule has 9 heteroatoms. The van der Waals surface area contributed by atoms with Gasteiger partial charge in [0.05, 0.1) is 23.9 Å². The predicted molar refractivity (Wildman–Crippen MR) is 136 cm³/mol. The van der Waals surface area contributed by atoms with E-state index in [1.807, 2.05) is 18.2 Å². The summed E-state index contributed by atoms with van der Waals surface area (Å²) >= 11 is 18.9. The van der Waals surface area contributed by atoms with Gasteiger partial charge in [0.2, 0.25) is 0 Å². The van der Waals surface area contributed by atoms with Gasteiger partial charge >= 0.3 is 6.09 Å². The monoisotopic (exact) mass is 510 g/mol. The molecule has 33 heavy (non-hydrogen) atoms. The molecule has 2 aliphatic heterocycles. The molecule has 0 bridgehead atoms. The number of amides is 1. The van der Waals surface area contributed by atoms with Crippen molar-refractivity contribution in [3.63, 3.8) is 0 Å². The Morgan fingerprint density at radius 3 is 2.48 bits per heavy atom. The molecule has 1 unspecified atom stereocenters. The van der Waals surface area contributed by atoms with Gasteiger partial charge in [0.15, 0.2) is 0 Å². The minimum Gasteiger partial charge on any atom is -0.453 e. The van der Waals surface area contributed by atoms with Gasteiger partial charge in [-0.05, 0) is 49.2 Å². The molecule has 2 aromatic rings. The first-order valence-corrected chi connectivity index (χ1v) is 12.3. The number of carbonyl (C=O) groups is 1. The molecule has 0 aromatic heterocycles. The number of hydrogen-bond acceptors (Lipinski definition) is 5. The van der Waals surface area contributed by atoms with Gasteiger partial charge in [-0.2, -0.15) is 0 Å². The highest BCUT2D eigenvalue weighted by molar-refractivity contribution is 6.35. The summed E-state index contributed by atoms with van der Waals surface area (Å²) in [6, 6.07) is 12.0. The van der Waals surface area contributed by atoms with Crippen LogP contribution in [0.5, 0.6) is 0 Å². The third-order valence-electron chi connectivity index (χ3n) is 6.54. The summed E-state index contributed by atoms with van der Waals surface area (Å²) in [5.74, 6) is 0. The SMILES string of the molecule is COC(=O)N1CCC(N2CCN(c3ccc(Cl)c(N[C@H](C)c4ccc(Cl)cc4Cl)c3)CC2)C1. The van der Waals surface area contributed by atoms with E-state index in [0.717, 1.165) is 62.6 Å². The third kappa shape index (κ3) is 5.62. The van der Waals surface area contributed by atoms with E-state index in [1.54, 1.807) is 11.0 Å². The van der Waals surface area contributed by atoms with Gasteiger partial charge in [0, 0.05) is 61.0 Å². The normalized spacial score (nSPS) is 20.1. The number of rotatable bonds is 5. The first kappa shape index (κ1) is 24.3. The van der Waals surface area contributed by atoms with E-state index in [0.29, 0.717) is 21.1 Å². The molecule has 4 rings (SSSR count). The van der Waals surface area contributed by atoms with Crippen LogP contribution in [0.25, 0.3) is 0 Å². The van der Waals surface area contributed by atoms with Gasteiger partial charge in [-0.3, -0.25) is 4.90 Å². The zero-order chi connectivity index (χ0) is 23.5. The Bertz CT molecular complexity index is 998. The lowest BCUT2D eigenvalue weighted by molar-refractivity contribution is 0.125. The fraction of sp³-hybridized carbons (Fsp3) is 0.458. The fourth-order valence-electron chi connectivity index (χ4n) is 4.66. The van der Waals surface area contributed by atoms with Gasteiger partial charge in [0.1, 0.15) is 0 Å². The molecule has 0 radical (unpaired) electrons. The molecule has 0 spiro atoms. The number of carbonyl (C=O) groups excluding carboxylic acids is 1. The molecule has 2 heterocycles. The van der Waals surface area contributed by atoms with Crippen LogP contribution in [0.2, 0.25) is 15.1 Å². The number of hydrogen-bond donors (Lipinski definition) is 1. The molecule has 0 saturated carbocycles. The summed E-state index contributed by atoms with van der Waals surface area (Å²) in [6.45, 7) is 7.33. The summed E-state index contributed by atoms with van der Waals surface area (Å²) in [5.41, 5.74) is 2.98. The number of likely N-dealkylation sites (tertiary alicyclic amines) is 1. The lowest BCUT2D eigenvalue weighted by Crippen LogP contribution is -2.51. The van der Waals surface area contributed by atoms with Crippen LogP contribution in [-0.2, 0) is 4.74 Å². The number of nitrogens with one attached hydrogen (secondary N) is 1.